The second-order valence-corrected chi connectivity index (χ2v) is 4.67. The first kappa shape index (κ1) is 9.69. The van der Waals surface area contributed by atoms with E-state index in [1.54, 1.807) is 13.8 Å². The van der Waals surface area contributed by atoms with Crippen LogP contribution in [0.5, 0.6) is 0 Å². The molecule has 0 amide bonds. The SMILES string of the molecule is CC(C)(O)c1ccc(C2(O)CC2)cc1. The minimum Gasteiger partial charge on any atom is -0.386 e. The Hall–Kier alpha value is -0.860. The summed E-state index contributed by atoms with van der Waals surface area (Å²) in [5.41, 5.74) is 0.471. The highest BCUT2D eigenvalue weighted by molar-refractivity contribution is 5.32. The van der Waals surface area contributed by atoms with Crippen LogP contribution in [0.4, 0.5) is 0 Å². The van der Waals surface area contributed by atoms with Crippen molar-refractivity contribution in [2.75, 3.05) is 0 Å². The molecule has 1 saturated carbocycles. The van der Waals surface area contributed by atoms with Gasteiger partial charge in [-0.15, -0.1) is 0 Å². The van der Waals surface area contributed by atoms with Crippen LogP contribution < -0.4 is 0 Å². The van der Waals surface area contributed by atoms with E-state index in [9.17, 15) is 10.2 Å². The van der Waals surface area contributed by atoms with Crippen LogP contribution in [0.25, 0.3) is 0 Å². The number of benzene rings is 1. The van der Waals surface area contributed by atoms with Crippen molar-refractivity contribution in [2.45, 2.75) is 37.9 Å². The van der Waals surface area contributed by atoms with Gasteiger partial charge in [0.1, 0.15) is 0 Å². The summed E-state index contributed by atoms with van der Waals surface area (Å²) in [4.78, 5) is 0. The lowest BCUT2D eigenvalue weighted by Gasteiger charge is -2.18. The van der Waals surface area contributed by atoms with Crippen LogP contribution in [-0.2, 0) is 11.2 Å². The minimum atomic E-state index is -0.801. The standard InChI is InChI=1S/C12H16O2/c1-11(2,13)9-3-5-10(6-4-9)12(14)7-8-12/h3-6,13-14H,7-8H2,1-2H3. The fourth-order valence-corrected chi connectivity index (χ4v) is 1.60. The molecule has 14 heavy (non-hydrogen) atoms. The molecule has 1 aliphatic carbocycles. The first-order chi connectivity index (χ1) is 6.42. The zero-order valence-electron chi connectivity index (χ0n) is 8.62. The molecular weight excluding hydrogens is 176 g/mol. The van der Waals surface area contributed by atoms with Crippen molar-refractivity contribution >= 4 is 0 Å². The van der Waals surface area contributed by atoms with Gasteiger partial charge in [-0.2, -0.15) is 0 Å². The second-order valence-electron chi connectivity index (χ2n) is 4.67. The van der Waals surface area contributed by atoms with E-state index >= 15 is 0 Å². The van der Waals surface area contributed by atoms with Crippen LogP contribution in [0.15, 0.2) is 24.3 Å². The molecule has 0 unspecified atom stereocenters. The molecule has 0 spiro atoms. The maximum absolute atomic E-state index is 9.83. The van der Waals surface area contributed by atoms with E-state index in [4.69, 9.17) is 0 Å². The first-order valence-electron chi connectivity index (χ1n) is 4.98. The maximum atomic E-state index is 9.83. The Bertz CT molecular complexity index is 304. The molecule has 2 heteroatoms. The summed E-state index contributed by atoms with van der Waals surface area (Å²) in [6.45, 7) is 3.52. The Morgan fingerprint density at radius 3 is 2.00 bits per heavy atom. The molecule has 0 aliphatic heterocycles. The van der Waals surface area contributed by atoms with E-state index < -0.39 is 11.2 Å². The fraction of sp³-hybridized carbons (Fsp3) is 0.500. The quantitative estimate of drug-likeness (QED) is 0.751. The summed E-state index contributed by atoms with van der Waals surface area (Å²) < 4.78 is 0. The molecule has 2 rings (SSSR count). The van der Waals surface area contributed by atoms with Gasteiger partial charge in [-0.3, -0.25) is 0 Å². The van der Waals surface area contributed by atoms with E-state index in [0.717, 1.165) is 24.0 Å². The van der Waals surface area contributed by atoms with Gasteiger partial charge in [0.25, 0.3) is 0 Å². The summed E-state index contributed by atoms with van der Waals surface area (Å²) >= 11 is 0. The highest BCUT2D eigenvalue weighted by Gasteiger charge is 2.41. The van der Waals surface area contributed by atoms with Crippen LogP contribution in [0.1, 0.15) is 37.8 Å². The van der Waals surface area contributed by atoms with Crippen molar-refractivity contribution in [3.05, 3.63) is 35.4 Å². The van der Waals surface area contributed by atoms with Crippen molar-refractivity contribution in [1.82, 2.24) is 0 Å². The second kappa shape index (κ2) is 2.81. The van der Waals surface area contributed by atoms with E-state index in [1.807, 2.05) is 24.3 Å². The zero-order valence-corrected chi connectivity index (χ0v) is 8.62. The number of hydrogen-bond donors (Lipinski definition) is 2. The van der Waals surface area contributed by atoms with Crippen molar-refractivity contribution in [3.8, 4) is 0 Å². The molecule has 1 aliphatic rings. The lowest BCUT2D eigenvalue weighted by molar-refractivity contribution is 0.0784. The Morgan fingerprint density at radius 2 is 1.64 bits per heavy atom. The van der Waals surface area contributed by atoms with Crippen molar-refractivity contribution < 1.29 is 10.2 Å². The molecule has 0 saturated heterocycles. The average Bonchev–Trinajstić information content (AvgIpc) is 2.84. The third-order valence-electron chi connectivity index (χ3n) is 2.85. The van der Waals surface area contributed by atoms with Gasteiger partial charge in [-0.05, 0) is 37.8 Å². The third-order valence-corrected chi connectivity index (χ3v) is 2.85. The molecule has 0 heterocycles. The molecular formula is C12H16O2. The van der Waals surface area contributed by atoms with Crippen LogP contribution in [0.2, 0.25) is 0 Å². The third kappa shape index (κ3) is 1.68. The van der Waals surface area contributed by atoms with Gasteiger partial charge < -0.3 is 10.2 Å². The Kier molecular flexibility index (Phi) is 1.95. The molecule has 2 N–H and O–H groups in total. The summed E-state index contributed by atoms with van der Waals surface area (Å²) in [6, 6.07) is 7.57. The van der Waals surface area contributed by atoms with Gasteiger partial charge in [0.15, 0.2) is 0 Å². The van der Waals surface area contributed by atoms with Gasteiger partial charge in [0, 0.05) is 0 Å². The zero-order chi connectivity index (χ0) is 10.4. The molecule has 1 fully saturated rings. The Morgan fingerprint density at radius 1 is 1.14 bits per heavy atom. The highest BCUT2D eigenvalue weighted by Crippen LogP contribution is 2.45. The molecule has 1 aromatic rings. The van der Waals surface area contributed by atoms with Crippen LogP contribution >= 0.6 is 0 Å². The van der Waals surface area contributed by atoms with Gasteiger partial charge in [-0.1, -0.05) is 24.3 Å². The highest BCUT2D eigenvalue weighted by atomic mass is 16.3. The van der Waals surface area contributed by atoms with Crippen LogP contribution in [0, 0.1) is 0 Å². The Labute approximate surface area is 84.2 Å². The maximum Gasteiger partial charge on any atom is 0.0899 e. The van der Waals surface area contributed by atoms with E-state index in [2.05, 4.69) is 0 Å². The molecule has 0 radical (unpaired) electrons. The minimum absolute atomic E-state index is 0.571. The van der Waals surface area contributed by atoms with Crippen molar-refractivity contribution in [2.24, 2.45) is 0 Å². The molecule has 0 aromatic heterocycles. The summed E-state index contributed by atoms with van der Waals surface area (Å²) in [5.74, 6) is 0. The predicted molar refractivity (Wildman–Crippen MR) is 54.8 cm³/mol. The number of aliphatic hydroxyl groups is 2. The summed E-state index contributed by atoms with van der Waals surface area (Å²) in [7, 11) is 0. The smallest absolute Gasteiger partial charge is 0.0899 e. The van der Waals surface area contributed by atoms with Crippen molar-refractivity contribution in [3.63, 3.8) is 0 Å². The lowest BCUT2D eigenvalue weighted by Crippen LogP contribution is -2.15. The van der Waals surface area contributed by atoms with E-state index in [-0.39, 0.29) is 0 Å². The van der Waals surface area contributed by atoms with Crippen LogP contribution in [0.3, 0.4) is 0 Å². The van der Waals surface area contributed by atoms with E-state index in [0.29, 0.717) is 0 Å². The Balaban J connectivity index is 2.27. The molecule has 76 valence electrons. The largest absolute Gasteiger partial charge is 0.386 e. The monoisotopic (exact) mass is 192 g/mol. The first-order valence-corrected chi connectivity index (χ1v) is 4.98. The lowest BCUT2D eigenvalue weighted by atomic mass is 9.96. The number of rotatable bonds is 2. The fourth-order valence-electron chi connectivity index (χ4n) is 1.60. The molecule has 1 aromatic carbocycles. The average molecular weight is 192 g/mol. The normalized spacial score (nSPS) is 19.4. The summed E-state index contributed by atoms with van der Waals surface area (Å²) in [6.07, 6.45) is 1.71. The van der Waals surface area contributed by atoms with Crippen molar-refractivity contribution in [1.29, 1.82) is 0 Å². The molecule has 0 atom stereocenters. The van der Waals surface area contributed by atoms with Gasteiger partial charge in [0.2, 0.25) is 0 Å². The number of hydrogen-bond acceptors (Lipinski definition) is 2. The van der Waals surface area contributed by atoms with E-state index in [1.165, 1.54) is 0 Å². The predicted octanol–water partition coefficient (Wildman–Crippen LogP) is 1.90. The summed E-state index contributed by atoms with van der Waals surface area (Å²) in [5, 5.41) is 19.6. The van der Waals surface area contributed by atoms with Gasteiger partial charge in [-0.25, -0.2) is 0 Å². The molecule has 2 nitrogen and oxygen atoms in total. The topological polar surface area (TPSA) is 40.5 Å². The van der Waals surface area contributed by atoms with Crippen LogP contribution in [-0.4, -0.2) is 10.2 Å². The van der Waals surface area contributed by atoms with Gasteiger partial charge >= 0.3 is 0 Å². The molecule has 0 bridgehead atoms. The van der Waals surface area contributed by atoms with Gasteiger partial charge in [0.05, 0.1) is 11.2 Å².